The Hall–Kier alpha value is -1.84. The van der Waals surface area contributed by atoms with Gasteiger partial charge in [0.05, 0.1) is 19.4 Å². The van der Waals surface area contributed by atoms with Crippen molar-refractivity contribution in [2.24, 2.45) is 0 Å². The van der Waals surface area contributed by atoms with Crippen LogP contribution in [0.4, 0.5) is 0 Å². The van der Waals surface area contributed by atoms with Gasteiger partial charge in [0, 0.05) is 38.6 Å². The fourth-order valence-corrected chi connectivity index (χ4v) is 1.94. The maximum absolute atomic E-state index is 11.7. The third-order valence-electron chi connectivity index (χ3n) is 2.90. The van der Waals surface area contributed by atoms with Crippen molar-refractivity contribution in [2.45, 2.75) is 0 Å². The largest absolute Gasteiger partial charge is 0.379 e. The zero-order valence-corrected chi connectivity index (χ0v) is 12.4. The number of hydrogen-bond acceptors (Lipinski definition) is 6. The van der Waals surface area contributed by atoms with Gasteiger partial charge in [-0.2, -0.15) is 0 Å². The fourth-order valence-electron chi connectivity index (χ4n) is 1.79. The number of rotatable bonds is 4. The van der Waals surface area contributed by atoms with Gasteiger partial charge < -0.3 is 10.1 Å². The van der Waals surface area contributed by atoms with E-state index in [1.807, 2.05) is 0 Å². The quantitative estimate of drug-likeness (QED) is 0.478. The van der Waals surface area contributed by atoms with Gasteiger partial charge in [0.25, 0.3) is 5.91 Å². The standard InChI is InChI=1S/C12H18N6O2S/c19-11(10-9-13-1-2-14-10)16-17-12(21)15-3-4-18-5-7-20-8-6-18/h1-2,9H,3-8H2,(H,16,19)(H2,15,17,21). The van der Waals surface area contributed by atoms with Crippen LogP contribution in [0.5, 0.6) is 0 Å². The summed E-state index contributed by atoms with van der Waals surface area (Å²) in [4.78, 5) is 21.7. The molecule has 1 saturated heterocycles. The van der Waals surface area contributed by atoms with Gasteiger partial charge in [0.2, 0.25) is 0 Å². The summed E-state index contributed by atoms with van der Waals surface area (Å²) in [5.74, 6) is -0.388. The number of carbonyl (C=O) groups is 1. The zero-order valence-electron chi connectivity index (χ0n) is 11.5. The fraction of sp³-hybridized carbons (Fsp3) is 0.500. The second-order valence-electron chi connectivity index (χ2n) is 4.38. The number of hydrogen-bond donors (Lipinski definition) is 3. The zero-order chi connectivity index (χ0) is 14.9. The monoisotopic (exact) mass is 310 g/mol. The van der Waals surface area contributed by atoms with E-state index in [0.29, 0.717) is 11.7 Å². The SMILES string of the molecule is O=C(NNC(=S)NCCN1CCOCC1)c1cnccn1. The van der Waals surface area contributed by atoms with E-state index in [4.69, 9.17) is 17.0 Å². The number of thiocarbonyl (C=S) groups is 1. The Balaban J connectivity index is 1.60. The van der Waals surface area contributed by atoms with E-state index in [1.165, 1.54) is 18.6 Å². The van der Waals surface area contributed by atoms with Crippen LogP contribution in [0.15, 0.2) is 18.6 Å². The number of amides is 1. The Morgan fingerprint density at radius 2 is 2.14 bits per heavy atom. The molecule has 1 aromatic rings. The summed E-state index contributed by atoms with van der Waals surface area (Å²) >= 11 is 5.07. The van der Waals surface area contributed by atoms with Crippen LogP contribution in [0.25, 0.3) is 0 Å². The van der Waals surface area contributed by atoms with E-state index in [2.05, 4.69) is 31.0 Å². The van der Waals surface area contributed by atoms with E-state index in [-0.39, 0.29) is 11.6 Å². The van der Waals surface area contributed by atoms with Crippen molar-refractivity contribution < 1.29 is 9.53 Å². The molecule has 2 rings (SSSR count). The molecule has 0 aliphatic carbocycles. The summed E-state index contributed by atoms with van der Waals surface area (Å²) in [6.45, 7) is 5.00. The van der Waals surface area contributed by atoms with Crippen LogP contribution >= 0.6 is 12.2 Å². The Bertz CT molecular complexity index is 466. The minimum Gasteiger partial charge on any atom is -0.379 e. The van der Waals surface area contributed by atoms with Gasteiger partial charge in [-0.15, -0.1) is 0 Å². The Morgan fingerprint density at radius 1 is 1.33 bits per heavy atom. The number of carbonyl (C=O) groups excluding carboxylic acids is 1. The van der Waals surface area contributed by atoms with Crippen molar-refractivity contribution in [3.63, 3.8) is 0 Å². The lowest BCUT2D eigenvalue weighted by molar-refractivity contribution is 0.0389. The second kappa shape index (κ2) is 8.45. The number of aromatic nitrogens is 2. The lowest BCUT2D eigenvalue weighted by atomic mass is 10.4. The summed E-state index contributed by atoms with van der Waals surface area (Å²) < 4.78 is 5.28. The topological polar surface area (TPSA) is 91.4 Å². The van der Waals surface area contributed by atoms with Crippen molar-refractivity contribution in [1.82, 2.24) is 31.0 Å². The molecule has 0 aromatic carbocycles. The number of nitrogens with one attached hydrogen (secondary N) is 3. The van der Waals surface area contributed by atoms with Gasteiger partial charge in [-0.05, 0) is 12.2 Å². The Morgan fingerprint density at radius 3 is 2.86 bits per heavy atom. The van der Waals surface area contributed by atoms with Crippen molar-refractivity contribution >= 4 is 23.2 Å². The Kier molecular flexibility index (Phi) is 6.25. The van der Waals surface area contributed by atoms with E-state index in [1.54, 1.807) is 0 Å². The van der Waals surface area contributed by atoms with E-state index >= 15 is 0 Å². The molecule has 1 fully saturated rings. The lowest BCUT2D eigenvalue weighted by Crippen LogP contribution is -2.49. The predicted molar refractivity (Wildman–Crippen MR) is 80.5 cm³/mol. The first-order chi connectivity index (χ1) is 10.3. The van der Waals surface area contributed by atoms with E-state index in [9.17, 15) is 4.79 Å². The normalized spacial score (nSPS) is 15.2. The second-order valence-corrected chi connectivity index (χ2v) is 4.79. The minimum absolute atomic E-state index is 0.223. The van der Waals surface area contributed by atoms with Gasteiger partial charge >= 0.3 is 0 Å². The average molecular weight is 310 g/mol. The van der Waals surface area contributed by atoms with Gasteiger partial charge in [-0.1, -0.05) is 0 Å². The number of nitrogens with zero attached hydrogens (tertiary/aromatic N) is 3. The smallest absolute Gasteiger partial charge is 0.289 e. The molecule has 3 N–H and O–H groups in total. The summed E-state index contributed by atoms with van der Waals surface area (Å²) in [6, 6.07) is 0. The molecule has 1 aromatic heterocycles. The molecule has 0 bridgehead atoms. The molecule has 2 heterocycles. The summed E-state index contributed by atoms with van der Waals surface area (Å²) in [6.07, 6.45) is 4.34. The molecule has 21 heavy (non-hydrogen) atoms. The molecule has 8 nitrogen and oxygen atoms in total. The average Bonchev–Trinajstić information content (AvgIpc) is 2.54. The summed E-state index contributed by atoms with van der Waals surface area (Å²) in [7, 11) is 0. The predicted octanol–water partition coefficient (Wildman–Crippen LogP) is -1.08. The number of hydrazine groups is 1. The molecule has 0 radical (unpaired) electrons. The highest BCUT2D eigenvalue weighted by Gasteiger charge is 2.10. The van der Waals surface area contributed by atoms with Crippen molar-refractivity contribution in [1.29, 1.82) is 0 Å². The third-order valence-corrected chi connectivity index (χ3v) is 3.15. The molecule has 1 amide bonds. The minimum atomic E-state index is -0.388. The first-order valence-electron chi connectivity index (χ1n) is 6.66. The van der Waals surface area contributed by atoms with Gasteiger partial charge in [0.15, 0.2) is 5.11 Å². The summed E-state index contributed by atoms with van der Waals surface area (Å²) in [5, 5.41) is 3.39. The van der Waals surface area contributed by atoms with Crippen molar-refractivity contribution in [3.8, 4) is 0 Å². The maximum Gasteiger partial charge on any atom is 0.289 e. The lowest BCUT2D eigenvalue weighted by Gasteiger charge is -2.26. The molecule has 0 atom stereocenters. The van der Waals surface area contributed by atoms with Crippen LogP contribution < -0.4 is 16.2 Å². The van der Waals surface area contributed by atoms with Crippen LogP contribution in [0.3, 0.4) is 0 Å². The first kappa shape index (κ1) is 15.5. The molecule has 9 heteroatoms. The molecular formula is C12H18N6O2S. The highest BCUT2D eigenvalue weighted by Crippen LogP contribution is 1.94. The van der Waals surface area contributed by atoms with E-state index in [0.717, 1.165) is 32.8 Å². The summed E-state index contributed by atoms with van der Waals surface area (Å²) in [5.41, 5.74) is 5.31. The van der Waals surface area contributed by atoms with Crippen LogP contribution in [0.2, 0.25) is 0 Å². The molecule has 114 valence electrons. The highest BCUT2D eigenvalue weighted by molar-refractivity contribution is 7.80. The van der Waals surface area contributed by atoms with Crippen LogP contribution in [-0.4, -0.2) is 65.3 Å². The molecule has 0 saturated carbocycles. The van der Waals surface area contributed by atoms with Crippen LogP contribution in [0, 0.1) is 0 Å². The van der Waals surface area contributed by atoms with Crippen LogP contribution in [-0.2, 0) is 4.74 Å². The first-order valence-corrected chi connectivity index (χ1v) is 7.07. The highest BCUT2D eigenvalue weighted by atomic mass is 32.1. The molecule has 1 aliphatic heterocycles. The van der Waals surface area contributed by atoms with Crippen molar-refractivity contribution in [2.75, 3.05) is 39.4 Å². The van der Waals surface area contributed by atoms with Gasteiger partial charge in [-0.25, -0.2) is 4.98 Å². The van der Waals surface area contributed by atoms with E-state index < -0.39 is 0 Å². The van der Waals surface area contributed by atoms with Crippen LogP contribution in [0.1, 0.15) is 10.5 Å². The number of ether oxygens (including phenoxy) is 1. The number of morpholine rings is 1. The molecule has 1 aliphatic rings. The van der Waals surface area contributed by atoms with Gasteiger partial charge in [0.1, 0.15) is 5.69 Å². The Labute approximate surface area is 128 Å². The van der Waals surface area contributed by atoms with Gasteiger partial charge in [-0.3, -0.25) is 25.5 Å². The molecular weight excluding hydrogens is 292 g/mol. The third kappa shape index (κ3) is 5.58. The van der Waals surface area contributed by atoms with Crippen molar-refractivity contribution in [3.05, 3.63) is 24.3 Å². The molecule has 0 spiro atoms. The molecule has 0 unspecified atom stereocenters. The maximum atomic E-state index is 11.7.